The third-order valence-corrected chi connectivity index (χ3v) is 4.78. The van der Waals surface area contributed by atoms with Crippen LogP contribution in [-0.4, -0.2) is 47.0 Å². The van der Waals surface area contributed by atoms with Crippen molar-refractivity contribution in [3.63, 3.8) is 0 Å². The van der Waals surface area contributed by atoms with Crippen LogP contribution in [0.1, 0.15) is 35.6 Å². The van der Waals surface area contributed by atoms with Gasteiger partial charge in [0.2, 0.25) is 0 Å². The lowest BCUT2D eigenvalue weighted by Gasteiger charge is -2.26. The number of hydrogen-bond donors (Lipinski definition) is 2. The van der Waals surface area contributed by atoms with Gasteiger partial charge in [0, 0.05) is 0 Å². The molecule has 2 amide bonds. The second-order valence-electron chi connectivity index (χ2n) is 6.94. The quantitative estimate of drug-likeness (QED) is 0.681. The zero-order valence-corrected chi connectivity index (χ0v) is 17.6. The van der Waals surface area contributed by atoms with Crippen LogP contribution in [0, 0.1) is 19.7 Å². The number of carbonyl (C=O) groups is 3. The summed E-state index contributed by atoms with van der Waals surface area (Å²) in [7, 11) is 0. The first kappa shape index (κ1) is 22.0. The molecule has 1 aliphatic rings. The van der Waals surface area contributed by atoms with Gasteiger partial charge >= 0.3 is 18.0 Å². The van der Waals surface area contributed by atoms with Gasteiger partial charge in [-0.25, -0.2) is 23.5 Å². The number of benzene rings is 1. The number of nitrogens with zero attached hydrogens (tertiary/aromatic N) is 2. The van der Waals surface area contributed by atoms with E-state index < -0.39 is 24.0 Å². The van der Waals surface area contributed by atoms with E-state index >= 15 is 0 Å². The molecule has 0 radical (unpaired) electrons. The Balaban J connectivity index is 1.84. The van der Waals surface area contributed by atoms with Crippen molar-refractivity contribution in [2.75, 3.05) is 13.2 Å². The number of amides is 2. The molecule has 1 aromatic carbocycles. The summed E-state index contributed by atoms with van der Waals surface area (Å²) in [5.74, 6) is -1.65. The Labute approximate surface area is 178 Å². The Kier molecular flexibility index (Phi) is 6.38. The first-order chi connectivity index (χ1) is 14.7. The van der Waals surface area contributed by atoms with Gasteiger partial charge in [0.25, 0.3) is 0 Å². The Hall–Kier alpha value is -3.69. The number of esters is 2. The van der Waals surface area contributed by atoms with Crippen LogP contribution in [-0.2, 0) is 14.3 Å². The molecule has 0 bridgehead atoms. The summed E-state index contributed by atoms with van der Waals surface area (Å²) in [4.78, 5) is 36.9. The largest absolute Gasteiger partial charge is 0.463 e. The van der Waals surface area contributed by atoms with Gasteiger partial charge in [-0.3, -0.25) is 0 Å². The highest BCUT2D eigenvalue weighted by molar-refractivity contribution is 5.95. The summed E-state index contributed by atoms with van der Waals surface area (Å²) in [5.41, 5.74) is 2.11. The summed E-state index contributed by atoms with van der Waals surface area (Å²) < 4.78 is 25.2. The molecule has 0 saturated heterocycles. The maximum atomic E-state index is 13.2. The van der Waals surface area contributed by atoms with Gasteiger partial charge in [0.15, 0.2) is 0 Å². The van der Waals surface area contributed by atoms with Gasteiger partial charge in [-0.1, -0.05) is 0 Å². The second kappa shape index (κ2) is 8.99. The predicted octanol–water partition coefficient (Wildman–Crippen LogP) is 2.30. The molecule has 164 valence electrons. The lowest BCUT2D eigenvalue weighted by molar-refractivity contribution is -0.139. The average molecular weight is 430 g/mol. The molecule has 10 heteroatoms. The van der Waals surface area contributed by atoms with Gasteiger partial charge in [-0.2, -0.15) is 5.10 Å². The molecule has 0 fully saturated rings. The van der Waals surface area contributed by atoms with E-state index in [1.165, 1.54) is 16.8 Å². The van der Waals surface area contributed by atoms with Crippen LogP contribution in [0.4, 0.5) is 9.18 Å². The fourth-order valence-electron chi connectivity index (χ4n) is 3.37. The lowest BCUT2D eigenvalue weighted by Crippen LogP contribution is -2.50. The maximum absolute atomic E-state index is 13.2. The minimum atomic E-state index is -0.667. The first-order valence-electron chi connectivity index (χ1n) is 9.69. The zero-order valence-electron chi connectivity index (χ0n) is 17.6. The predicted molar refractivity (Wildman–Crippen MR) is 108 cm³/mol. The highest BCUT2D eigenvalue weighted by atomic mass is 19.1. The number of halogens is 1. The Morgan fingerprint density at radius 3 is 2.48 bits per heavy atom. The molecule has 31 heavy (non-hydrogen) atoms. The van der Waals surface area contributed by atoms with Crippen LogP contribution in [0.2, 0.25) is 0 Å². The molecule has 1 atom stereocenters. The average Bonchev–Trinajstić information content (AvgIpc) is 3.00. The molecule has 2 aromatic rings. The highest BCUT2D eigenvalue weighted by Gasteiger charge is 2.31. The molecule has 0 spiro atoms. The van der Waals surface area contributed by atoms with Gasteiger partial charge in [-0.15, -0.1) is 0 Å². The lowest BCUT2D eigenvalue weighted by atomic mass is 10.0. The molecular formula is C21H23FN4O5. The number of nitrogens with one attached hydrogen (secondary N) is 2. The third kappa shape index (κ3) is 4.57. The number of carbonyl (C=O) groups excluding carboxylic acids is 3. The van der Waals surface area contributed by atoms with Crippen LogP contribution < -0.4 is 10.6 Å². The number of ether oxygens (including phenoxy) is 2. The molecule has 2 heterocycles. The van der Waals surface area contributed by atoms with Crippen molar-refractivity contribution in [3.05, 3.63) is 58.3 Å². The molecule has 2 N–H and O–H groups in total. The standard InChI is InChI=1S/C21H23FN4O5/c1-5-30-20(28)18-11(2)23-21(29)24-16(18)10-31-19(27)17-12(3)25-26(13(17)4)15-8-6-14(22)7-9-15/h6-9,11H,5,10H2,1-4H3,(H2,23,24,29)/t11-/m1/s1. The molecule has 0 aliphatic carbocycles. The molecule has 9 nitrogen and oxygen atoms in total. The SMILES string of the molecule is CCOC(=O)C1=C(COC(=O)c2c(C)nn(-c3ccc(F)cc3)c2C)NC(=O)N[C@@H]1C. The minimum absolute atomic E-state index is 0.157. The van der Waals surface area contributed by atoms with Crippen molar-refractivity contribution in [1.29, 1.82) is 0 Å². The highest BCUT2D eigenvalue weighted by Crippen LogP contribution is 2.20. The van der Waals surface area contributed by atoms with E-state index in [4.69, 9.17) is 9.47 Å². The minimum Gasteiger partial charge on any atom is -0.463 e. The summed E-state index contributed by atoms with van der Waals surface area (Å²) in [6.45, 7) is 6.48. The van der Waals surface area contributed by atoms with Crippen molar-refractivity contribution in [2.24, 2.45) is 0 Å². The zero-order chi connectivity index (χ0) is 22.7. The van der Waals surface area contributed by atoms with Crippen molar-refractivity contribution in [2.45, 2.75) is 33.7 Å². The topological polar surface area (TPSA) is 112 Å². The van der Waals surface area contributed by atoms with Crippen LogP contribution in [0.5, 0.6) is 0 Å². The van der Waals surface area contributed by atoms with Crippen molar-refractivity contribution in [1.82, 2.24) is 20.4 Å². The molecule has 1 aliphatic heterocycles. The molecule has 0 unspecified atom stereocenters. The molecular weight excluding hydrogens is 407 g/mol. The van der Waals surface area contributed by atoms with Crippen LogP contribution >= 0.6 is 0 Å². The van der Waals surface area contributed by atoms with Gasteiger partial charge < -0.3 is 20.1 Å². The normalized spacial score (nSPS) is 15.9. The van der Waals surface area contributed by atoms with E-state index in [2.05, 4.69) is 15.7 Å². The maximum Gasteiger partial charge on any atom is 0.342 e. The van der Waals surface area contributed by atoms with Crippen molar-refractivity contribution in [3.8, 4) is 5.69 Å². The van der Waals surface area contributed by atoms with E-state index in [-0.39, 0.29) is 35.9 Å². The smallest absolute Gasteiger partial charge is 0.342 e. The summed E-state index contributed by atoms with van der Waals surface area (Å²) in [5, 5.41) is 9.42. The second-order valence-corrected chi connectivity index (χ2v) is 6.94. The van der Waals surface area contributed by atoms with Crippen molar-refractivity contribution < 1.29 is 28.2 Å². The number of hydrogen-bond acceptors (Lipinski definition) is 6. The third-order valence-electron chi connectivity index (χ3n) is 4.78. The summed E-state index contributed by atoms with van der Waals surface area (Å²) in [6.07, 6.45) is 0. The Morgan fingerprint density at radius 2 is 1.84 bits per heavy atom. The number of rotatable bonds is 6. The fraction of sp³-hybridized carbons (Fsp3) is 0.333. The van der Waals surface area contributed by atoms with Gasteiger partial charge in [0.05, 0.1) is 41.0 Å². The van der Waals surface area contributed by atoms with Gasteiger partial charge in [-0.05, 0) is 52.0 Å². The van der Waals surface area contributed by atoms with Crippen molar-refractivity contribution >= 4 is 18.0 Å². The van der Waals surface area contributed by atoms with E-state index in [1.54, 1.807) is 39.8 Å². The van der Waals surface area contributed by atoms with Crippen LogP contribution in [0.3, 0.4) is 0 Å². The van der Waals surface area contributed by atoms with E-state index in [1.807, 2.05) is 0 Å². The number of aromatic nitrogens is 2. The molecule has 0 saturated carbocycles. The van der Waals surface area contributed by atoms with Crippen LogP contribution in [0.25, 0.3) is 5.69 Å². The van der Waals surface area contributed by atoms with E-state index in [0.29, 0.717) is 17.1 Å². The molecule has 3 rings (SSSR count). The monoisotopic (exact) mass is 430 g/mol. The Bertz CT molecular complexity index is 1060. The van der Waals surface area contributed by atoms with Gasteiger partial charge in [0.1, 0.15) is 18.0 Å². The number of aryl methyl sites for hydroxylation is 1. The summed E-state index contributed by atoms with van der Waals surface area (Å²) >= 11 is 0. The first-order valence-corrected chi connectivity index (χ1v) is 9.69. The van der Waals surface area contributed by atoms with E-state index in [0.717, 1.165) is 0 Å². The summed E-state index contributed by atoms with van der Waals surface area (Å²) in [6, 6.07) is 4.58. The van der Waals surface area contributed by atoms with Crippen LogP contribution in [0.15, 0.2) is 35.5 Å². The number of urea groups is 1. The fourth-order valence-corrected chi connectivity index (χ4v) is 3.37. The van der Waals surface area contributed by atoms with E-state index in [9.17, 15) is 18.8 Å². The molecule has 1 aromatic heterocycles. The Morgan fingerprint density at radius 1 is 1.16 bits per heavy atom.